The molecule has 0 spiro atoms. The summed E-state index contributed by atoms with van der Waals surface area (Å²) in [6, 6.07) is 7.41. The molecule has 2 nitrogen and oxygen atoms in total. The van der Waals surface area contributed by atoms with Gasteiger partial charge in [-0.3, -0.25) is 0 Å². The highest BCUT2D eigenvalue weighted by atomic mass is 32.2. The SMILES string of the molecule is OCc1ccc(SCCCOCC(F)(F)F)cc1. The van der Waals surface area contributed by atoms with E-state index in [1.54, 1.807) is 11.8 Å². The zero-order valence-corrected chi connectivity index (χ0v) is 10.6. The molecular formula is C12H15F3O2S. The summed E-state index contributed by atoms with van der Waals surface area (Å²) in [4.78, 5) is 1.03. The second kappa shape index (κ2) is 7.66. The van der Waals surface area contributed by atoms with Gasteiger partial charge in [-0.05, 0) is 24.1 Å². The van der Waals surface area contributed by atoms with Crippen LogP contribution in [-0.2, 0) is 11.3 Å². The highest BCUT2D eigenvalue weighted by molar-refractivity contribution is 7.99. The van der Waals surface area contributed by atoms with Crippen molar-refractivity contribution in [2.75, 3.05) is 19.0 Å². The van der Waals surface area contributed by atoms with E-state index >= 15 is 0 Å². The summed E-state index contributed by atoms with van der Waals surface area (Å²) in [5.41, 5.74) is 0.841. The third-order valence-electron chi connectivity index (χ3n) is 2.07. The molecule has 0 atom stereocenters. The van der Waals surface area contributed by atoms with Crippen molar-refractivity contribution >= 4 is 11.8 Å². The maximum absolute atomic E-state index is 11.8. The van der Waals surface area contributed by atoms with E-state index in [9.17, 15) is 13.2 Å². The zero-order chi connectivity index (χ0) is 13.4. The van der Waals surface area contributed by atoms with Gasteiger partial charge in [0.15, 0.2) is 0 Å². The van der Waals surface area contributed by atoms with Crippen LogP contribution >= 0.6 is 11.8 Å². The number of hydrogen-bond donors (Lipinski definition) is 1. The fourth-order valence-corrected chi connectivity index (χ4v) is 2.06. The van der Waals surface area contributed by atoms with Gasteiger partial charge in [0.05, 0.1) is 6.61 Å². The van der Waals surface area contributed by atoms with Gasteiger partial charge in [-0.25, -0.2) is 0 Å². The van der Waals surface area contributed by atoms with E-state index in [0.717, 1.165) is 10.5 Å². The molecule has 6 heteroatoms. The maximum Gasteiger partial charge on any atom is 0.411 e. The van der Waals surface area contributed by atoms with E-state index in [1.165, 1.54) is 0 Å². The van der Waals surface area contributed by atoms with Crippen LogP contribution in [0, 0.1) is 0 Å². The third-order valence-corrected chi connectivity index (χ3v) is 3.17. The second-order valence-electron chi connectivity index (χ2n) is 3.67. The average molecular weight is 280 g/mol. The normalized spacial score (nSPS) is 11.8. The largest absolute Gasteiger partial charge is 0.411 e. The fraction of sp³-hybridized carbons (Fsp3) is 0.500. The summed E-state index contributed by atoms with van der Waals surface area (Å²) in [5, 5.41) is 8.85. The van der Waals surface area contributed by atoms with E-state index in [-0.39, 0.29) is 13.2 Å². The Morgan fingerprint density at radius 1 is 1.17 bits per heavy atom. The molecule has 0 saturated heterocycles. The molecule has 1 aromatic carbocycles. The topological polar surface area (TPSA) is 29.5 Å². The molecule has 0 saturated carbocycles. The molecule has 1 N–H and O–H groups in total. The van der Waals surface area contributed by atoms with E-state index in [1.807, 2.05) is 24.3 Å². The minimum Gasteiger partial charge on any atom is -0.392 e. The molecule has 0 fully saturated rings. The highest BCUT2D eigenvalue weighted by Gasteiger charge is 2.27. The van der Waals surface area contributed by atoms with Crippen LogP contribution in [0.1, 0.15) is 12.0 Å². The van der Waals surface area contributed by atoms with Crippen molar-refractivity contribution in [1.29, 1.82) is 0 Å². The van der Waals surface area contributed by atoms with Crippen LogP contribution in [0.25, 0.3) is 0 Å². The van der Waals surface area contributed by atoms with Crippen molar-refractivity contribution in [1.82, 2.24) is 0 Å². The zero-order valence-electron chi connectivity index (χ0n) is 9.74. The molecule has 0 heterocycles. The minimum atomic E-state index is -4.24. The number of benzene rings is 1. The summed E-state index contributed by atoms with van der Waals surface area (Å²) >= 11 is 1.55. The van der Waals surface area contributed by atoms with Gasteiger partial charge in [0, 0.05) is 17.3 Å². The number of alkyl halides is 3. The van der Waals surface area contributed by atoms with Crippen molar-refractivity contribution in [2.24, 2.45) is 0 Å². The van der Waals surface area contributed by atoms with Gasteiger partial charge in [-0.2, -0.15) is 13.2 Å². The van der Waals surface area contributed by atoms with Crippen LogP contribution in [0.2, 0.25) is 0 Å². The van der Waals surface area contributed by atoms with Crippen molar-refractivity contribution in [3.05, 3.63) is 29.8 Å². The monoisotopic (exact) mass is 280 g/mol. The van der Waals surface area contributed by atoms with E-state index < -0.39 is 12.8 Å². The van der Waals surface area contributed by atoms with Crippen LogP contribution in [-0.4, -0.2) is 30.2 Å². The Morgan fingerprint density at radius 3 is 2.39 bits per heavy atom. The first-order valence-corrected chi connectivity index (χ1v) is 6.47. The Morgan fingerprint density at radius 2 is 1.83 bits per heavy atom. The van der Waals surface area contributed by atoms with Crippen molar-refractivity contribution in [3.63, 3.8) is 0 Å². The molecule has 0 aromatic heterocycles. The first-order chi connectivity index (χ1) is 8.51. The Balaban J connectivity index is 2.10. The molecule has 18 heavy (non-hydrogen) atoms. The maximum atomic E-state index is 11.8. The lowest BCUT2D eigenvalue weighted by molar-refractivity contribution is -0.173. The number of hydrogen-bond acceptors (Lipinski definition) is 3. The van der Waals surface area contributed by atoms with E-state index in [4.69, 9.17) is 5.11 Å². The standard InChI is InChI=1S/C12H15F3O2S/c13-12(14,15)9-17-6-1-7-18-11-4-2-10(8-16)3-5-11/h2-5,16H,1,6-9H2. The average Bonchev–Trinajstić information content (AvgIpc) is 2.33. The lowest BCUT2D eigenvalue weighted by Crippen LogP contribution is -2.17. The van der Waals surface area contributed by atoms with Gasteiger partial charge < -0.3 is 9.84 Å². The lowest BCUT2D eigenvalue weighted by atomic mass is 10.2. The van der Waals surface area contributed by atoms with Gasteiger partial charge in [0.25, 0.3) is 0 Å². The molecular weight excluding hydrogens is 265 g/mol. The summed E-state index contributed by atoms with van der Waals surface area (Å²) in [6.45, 7) is -1.06. The quantitative estimate of drug-likeness (QED) is 0.614. The van der Waals surface area contributed by atoms with E-state index in [0.29, 0.717) is 12.2 Å². The van der Waals surface area contributed by atoms with Gasteiger partial charge >= 0.3 is 6.18 Å². The number of rotatable bonds is 7. The van der Waals surface area contributed by atoms with Crippen LogP contribution in [0.5, 0.6) is 0 Å². The number of aliphatic hydroxyl groups excluding tert-OH is 1. The fourth-order valence-electron chi connectivity index (χ4n) is 1.23. The summed E-state index contributed by atoms with van der Waals surface area (Å²) < 4.78 is 39.8. The third kappa shape index (κ3) is 6.88. The predicted molar refractivity (Wildman–Crippen MR) is 64.6 cm³/mol. The Kier molecular flexibility index (Phi) is 6.52. The van der Waals surface area contributed by atoms with Crippen LogP contribution in [0.4, 0.5) is 13.2 Å². The smallest absolute Gasteiger partial charge is 0.392 e. The molecule has 0 unspecified atom stereocenters. The number of ether oxygens (including phenoxy) is 1. The second-order valence-corrected chi connectivity index (χ2v) is 4.84. The molecule has 0 aliphatic rings. The lowest BCUT2D eigenvalue weighted by Gasteiger charge is -2.07. The number of aliphatic hydroxyl groups is 1. The molecule has 1 aromatic rings. The number of thioether (sulfide) groups is 1. The van der Waals surface area contributed by atoms with Gasteiger partial charge in [0.1, 0.15) is 6.61 Å². The molecule has 0 amide bonds. The van der Waals surface area contributed by atoms with Gasteiger partial charge in [-0.1, -0.05) is 12.1 Å². The summed E-state index contributed by atoms with van der Waals surface area (Å²) in [5.74, 6) is 0.705. The van der Waals surface area contributed by atoms with Crippen molar-refractivity contribution in [3.8, 4) is 0 Å². The van der Waals surface area contributed by atoms with Crippen LogP contribution in [0.15, 0.2) is 29.2 Å². The Bertz CT molecular complexity index is 338. The van der Waals surface area contributed by atoms with Crippen LogP contribution < -0.4 is 0 Å². The molecule has 1 rings (SSSR count). The molecule has 102 valence electrons. The first kappa shape index (κ1) is 15.3. The predicted octanol–water partition coefficient (Wildman–Crippen LogP) is 3.24. The first-order valence-electron chi connectivity index (χ1n) is 5.48. The van der Waals surface area contributed by atoms with Crippen molar-refractivity contribution in [2.45, 2.75) is 24.1 Å². The van der Waals surface area contributed by atoms with Gasteiger partial charge in [-0.15, -0.1) is 11.8 Å². The summed E-state index contributed by atoms with van der Waals surface area (Å²) in [6.07, 6.45) is -3.67. The van der Waals surface area contributed by atoms with E-state index in [2.05, 4.69) is 4.74 Å². The minimum absolute atomic E-state index is 0.0101. The van der Waals surface area contributed by atoms with Crippen LogP contribution in [0.3, 0.4) is 0 Å². The Hall–Kier alpha value is -0.720. The summed E-state index contributed by atoms with van der Waals surface area (Å²) in [7, 11) is 0. The van der Waals surface area contributed by atoms with Crippen molar-refractivity contribution < 1.29 is 23.0 Å². The molecule has 0 aliphatic carbocycles. The molecule has 0 bridgehead atoms. The molecule has 0 aliphatic heterocycles. The molecule has 0 radical (unpaired) electrons. The Labute approximate surface area is 108 Å². The highest BCUT2D eigenvalue weighted by Crippen LogP contribution is 2.19. The van der Waals surface area contributed by atoms with Gasteiger partial charge in [0.2, 0.25) is 0 Å². The number of halogens is 3.